The van der Waals surface area contributed by atoms with Gasteiger partial charge in [0.15, 0.2) is 0 Å². The summed E-state index contributed by atoms with van der Waals surface area (Å²) in [6.45, 7) is 6.67. The van der Waals surface area contributed by atoms with Crippen molar-refractivity contribution < 1.29 is 9.90 Å². The number of hydrogen-bond acceptors (Lipinski definition) is 3. The molecule has 4 nitrogen and oxygen atoms in total. The molecule has 1 aromatic rings. The first-order chi connectivity index (χ1) is 8.79. The maximum absolute atomic E-state index is 11.7. The van der Waals surface area contributed by atoms with Crippen LogP contribution in [0.5, 0.6) is 5.75 Å². The number of phenols is 1. The van der Waals surface area contributed by atoms with Gasteiger partial charge in [-0.3, -0.25) is 4.79 Å². The largest absolute Gasteiger partial charge is 0.508 e. The maximum atomic E-state index is 11.7. The van der Waals surface area contributed by atoms with Crippen LogP contribution >= 0.6 is 0 Å². The minimum Gasteiger partial charge on any atom is -0.508 e. The first kappa shape index (κ1) is 15.5. The number of amides is 1. The van der Waals surface area contributed by atoms with Crippen LogP contribution in [0.4, 0.5) is 0 Å². The summed E-state index contributed by atoms with van der Waals surface area (Å²) < 4.78 is 0. The van der Waals surface area contributed by atoms with Crippen molar-refractivity contribution in [1.82, 2.24) is 5.32 Å². The molecule has 4 heteroatoms. The molecule has 0 aliphatic carbocycles. The predicted molar refractivity (Wildman–Crippen MR) is 76.9 cm³/mol. The smallest absolute Gasteiger partial charge is 0.221 e. The minimum atomic E-state index is -0.138. The number of carbonyl (C=O) groups is 1. The van der Waals surface area contributed by atoms with E-state index in [1.165, 1.54) is 0 Å². The van der Waals surface area contributed by atoms with Gasteiger partial charge in [0.25, 0.3) is 0 Å². The van der Waals surface area contributed by atoms with Crippen molar-refractivity contribution in [2.24, 2.45) is 11.1 Å². The molecule has 0 bridgehead atoms. The number of nitrogens with two attached hydrogens (primary N) is 1. The molecule has 0 aromatic heterocycles. The summed E-state index contributed by atoms with van der Waals surface area (Å²) >= 11 is 0. The number of nitrogens with one attached hydrogen (secondary N) is 1. The normalized spacial score (nSPS) is 13.1. The molecule has 1 rings (SSSR count). The van der Waals surface area contributed by atoms with Crippen LogP contribution in [0.3, 0.4) is 0 Å². The molecule has 1 amide bonds. The van der Waals surface area contributed by atoms with Gasteiger partial charge in [0.2, 0.25) is 5.91 Å². The number of rotatable bonds is 5. The van der Waals surface area contributed by atoms with E-state index in [4.69, 9.17) is 10.8 Å². The average molecular weight is 264 g/mol. The summed E-state index contributed by atoms with van der Waals surface area (Å²) in [6, 6.07) is 6.85. The standard InChI is InChI=1S/C15H24N2O2/c1-15(2,3)13(16)10-14(19)17-9-8-11-4-6-12(18)7-5-11/h4-7,13,18H,8-10,16H2,1-3H3,(H,17,19). The quantitative estimate of drug-likeness (QED) is 0.759. The van der Waals surface area contributed by atoms with Crippen LogP contribution in [-0.4, -0.2) is 23.6 Å². The Balaban J connectivity index is 2.29. The van der Waals surface area contributed by atoms with Gasteiger partial charge in [-0.05, 0) is 29.5 Å². The van der Waals surface area contributed by atoms with E-state index in [2.05, 4.69) is 5.32 Å². The Labute approximate surface area is 115 Å². The Morgan fingerprint density at radius 3 is 2.42 bits per heavy atom. The van der Waals surface area contributed by atoms with Crippen molar-refractivity contribution in [2.45, 2.75) is 39.7 Å². The molecule has 1 unspecified atom stereocenters. The van der Waals surface area contributed by atoms with E-state index in [-0.39, 0.29) is 23.1 Å². The van der Waals surface area contributed by atoms with Gasteiger partial charge >= 0.3 is 0 Å². The van der Waals surface area contributed by atoms with Gasteiger partial charge in [-0.25, -0.2) is 0 Å². The van der Waals surface area contributed by atoms with E-state index in [0.29, 0.717) is 13.0 Å². The van der Waals surface area contributed by atoms with Crippen molar-refractivity contribution in [3.63, 3.8) is 0 Å². The molecule has 4 N–H and O–H groups in total. The van der Waals surface area contributed by atoms with Crippen molar-refractivity contribution in [3.8, 4) is 5.75 Å². The Hall–Kier alpha value is -1.55. The third kappa shape index (κ3) is 5.75. The summed E-state index contributed by atoms with van der Waals surface area (Å²) in [4.78, 5) is 11.7. The molecule has 1 aromatic carbocycles. The van der Waals surface area contributed by atoms with Crippen LogP contribution < -0.4 is 11.1 Å². The molecule has 106 valence electrons. The fourth-order valence-corrected chi connectivity index (χ4v) is 1.59. The SMILES string of the molecule is CC(C)(C)C(N)CC(=O)NCCc1ccc(O)cc1. The van der Waals surface area contributed by atoms with Crippen molar-refractivity contribution >= 4 is 5.91 Å². The number of phenolic OH excluding ortho intramolecular Hbond substituents is 1. The molecule has 0 heterocycles. The molecule has 0 spiro atoms. The fourth-order valence-electron chi connectivity index (χ4n) is 1.59. The van der Waals surface area contributed by atoms with Crippen molar-refractivity contribution in [3.05, 3.63) is 29.8 Å². The van der Waals surface area contributed by atoms with Gasteiger partial charge in [0, 0.05) is 19.0 Å². The van der Waals surface area contributed by atoms with Crippen LogP contribution in [-0.2, 0) is 11.2 Å². The molecule has 0 aliphatic rings. The highest BCUT2D eigenvalue weighted by atomic mass is 16.3. The molecule has 0 saturated carbocycles. The molecule has 0 aliphatic heterocycles. The van der Waals surface area contributed by atoms with Crippen LogP contribution in [0.2, 0.25) is 0 Å². The maximum Gasteiger partial charge on any atom is 0.221 e. The van der Waals surface area contributed by atoms with Gasteiger partial charge in [-0.2, -0.15) is 0 Å². The first-order valence-electron chi connectivity index (χ1n) is 6.59. The third-order valence-corrected chi connectivity index (χ3v) is 3.19. The van der Waals surface area contributed by atoms with Gasteiger partial charge in [0.05, 0.1) is 0 Å². The summed E-state index contributed by atoms with van der Waals surface area (Å²) in [5, 5.41) is 12.0. The highest BCUT2D eigenvalue weighted by molar-refractivity contribution is 5.76. The summed E-state index contributed by atoms with van der Waals surface area (Å²) in [6.07, 6.45) is 1.09. The summed E-state index contributed by atoms with van der Waals surface area (Å²) in [7, 11) is 0. The molecule has 1 atom stereocenters. The van der Waals surface area contributed by atoms with Crippen LogP contribution in [0.25, 0.3) is 0 Å². The van der Waals surface area contributed by atoms with Crippen LogP contribution in [0, 0.1) is 5.41 Å². The Kier molecular flexibility index (Phi) is 5.36. The molecular weight excluding hydrogens is 240 g/mol. The van der Waals surface area contributed by atoms with Gasteiger partial charge in [-0.15, -0.1) is 0 Å². The zero-order valence-corrected chi connectivity index (χ0v) is 11.9. The Morgan fingerprint density at radius 1 is 1.32 bits per heavy atom. The van der Waals surface area contributed by atoms with E-state index in [0.717, 1.165) is 12.0 Å². The molecular formula is C15H24N2O2. The van der Waals surface area contributed by atoms with E-state index in [1.807, 2.05) is 32.9 Å². The van der Waals surface area contributed by atoms with E-state index < -0.39 is 0 Å². The molecule has 0 radical (unpaired) electrons. The van der Waals surface area contributed by atoms with Gasteiger partial charge < -0.3 is 16.2 Å². The summed E-state index contributed by atoms with van der Waals surface area (Å²) in [5.74, 6) is 0.241. The average Bonchev–Trinajstić information content (AvgIpc) is 2.30. The Bertz CT molecular complexity index is 407. The second-order valence-corrected chi connectivity index (χ2v) is 5.94. The minimum absolute atomic E-state index is 0.0128. The monoisotopic (exact) mass is 264 g/mol. The van der Waals surface area contributed by atoms with E-state index in [1.54, 1.807) is 12.1 Å². The highest BCUT2D eigenvalue weighted by Crippen LogP contribution is 2.19. The Morgan fingerprint density at radius 2 is 1.89 bits per heavy atom. The highest BCUT2D eigenvalue weighted by Gasteiger charge is 2.22. The fraction of sp³-hybridized carbons (Fsp3) is 0.533. The van der Waals surface area contributed by atoms with Crippen LogP contribution in [0.15, 0.2) is 24.3 Å². The second-order valence-electron chi connectivity index (χ2n) is 5.94. The number of aromatic hydroxyl groups is 1. The lowest BCUT2D eigenvalue weighted by atomic mass is 9.85. The first-order valence-corrected chi connectivity index (χ1v) is 6.59. The van der Waals surface area contributed by atoms with E-state index >= 15 is 0 Å². The summed E-state index contributed by atoms with van der Waals surface area (Å²) in [5.41, 5.74) is 6.98. The lowest BCUT2D eigenvalue weighted by Crippen LogP contribution is -2.40. The van der Waals surface area contributed by atoms with Gasteiger partial charge in [0.1, 0.15) is 5.75 Å². The van der Waals surface area contributed by atoms with Crippen LogP contribution in [0.1, 0.15) is 32.8 Å². The number of hydrogen-bond donors (Lipinski definition) is 3. The molecule has 0 saturated heterocycles. The predicted octanol–water partition coefficient (Wildman–Crippen LogP) is 1.81. The van der Waals surface area contributed by atoms with Gasteiger partial charge in [-0.1, -0.05) is 32.9 Å². The molecule has 19 heavy (non-hydrogen) atoms. The zero-order chi connectivity index (χ0) is 14.5. The number of benzene rings is 1. The lowest BCUT2D eigenvalue weighted by molar-refractivity contribution is -0.121. The second kappa shape index (κ2) is 6.57. The van der Waals surface area contributed by atoms with Crippen molar-refractivity contribution in [1.29, 1.82) is 0 Å². The zero-order valence-electron chi connectivity index (χ0n) is 11.9. The van der Waals surface area contributed by atoms with Crippen molar-refractivity contribution in [2.75, 3.05) is 6.54 Å². The molecule has 0 fully saturated rings. The third-order valence-electron chi connectivity index (χ3n) is 3.19. The lowest BCUT2D eigenvalue weighted by Gasteiger charge is -2.26. The van der Waals surface area contributed by atoms with E-state index in [9.17, 15) is 4.79 Å². The topological polar surface area (TPSA) is 75.4 Å². The number of carbonyl (C=O) groups excluding carboxylic acids is 1.